The Bertz CT molecular complexity index is 1110. The summed E-state index contributed by atoms with van der Waals surface area (Å²) in [6.07, 6.45) is 1.75. The molecule has 130 valence electrons. The van der Waals surface area contributed by atoms with Crippen molar-refractivity contribution in [3.05, 3.63) is 77.5 Å². The minimum atomic E-state index is 0.189. The highest BCUT2D eigenvalue weighted by atomic mass is 16.3. The van der Waals surface area contributed by atoms with Gasteiger partial charge in [0.2, 0.25) is 5.88 Å². The first-order valence-corrected chi connectivity index (χ1v) is 8.65. The molecule has 4 aromatic rings. The molecular weight excluding hydrogens is 322 g/mol. The predicted octanol–water partition coefficient (Wildman–Crippen LogP) is 5.40. The van der Waals surface area contributed by atoms with Crippen molar-refractivity contribution in [2.24, 2.45) is 0 Å². The largest absolute Gasteiger partial charge is 0.494 e. The maximum Gasteiger partial charge on any atom is 0.207 e. The lowest BCUT2D eigenvalue weighted by Crippen LogP contribution is -2.03. The molecule has 0 unspecified atom stereocenters. The monoisotopic (exact) mass is 343 g/mol. The number of rotatable bonds is 3. The van der Waals surface area contributed by atoms with Gasteiger partial charge in [-0.05, 0) is 67.8 Å². The van der Waals surface area contributed by atoms with Crippen molar-refractivity contribution in [1.82, 2.24) is 9.55 Å². The number of aromatic hydroxyl groups is 1. The molecule has 2 aromatic heterocycles. The third-order valence-electron chi connectivity index (χ3n) is 4.83. The van der Waals surface area contributed by atoms with E-state index in [0.717, 1.165) is 33.7 Å². The Morgan fingerprint density at radius 1 is 0.885 bits per heavy atom. The Kier molecular flexibility index (Phi) is 3.88. The molecule has 2 aromatic carbocycles. The predicted molar refractivity (Wildman–Crippen MR) is 107 cm³/mol. The molecule has 26 heavy (non-hydrogen) atoms. The molecule has 0 saturated carbocycles. The van der Waals surface area contributed by atoms with Gasteiger partial charge in [0.1, 0.15) is 11.3 Å². The molecule has 0 radical (unpaired) electrons. The third-order valence-corrected chi connectivity index (χ3v) is 4.83. The number of nitrogens with zero attached hydrogens (tertiary/aromatic N) is 2. The number of aryl methyl sites for hydroxylation is 3. The van der Waals surface area contributed by atoms with E-state index >= 15 is 0 Å². The van der Waals surface area contributed by atoms with Crippen LogP contribution in [0.25, 0.3) is 16.6 Å². The minimum Gasteiger partial charge on any atom is -0.494 e. The van der Waals surface area contributed by atoms with Gasteiger partial charge in [-0.3, -0.25) is 9.55 Å². The van der Waals surface area contributed by atoms with E-state index in [4.69, 9.17) is 0 Å². The summed E-state index contributed by atoms with van der Waals surface area (Å²) in [7, 11) is 0. The first kappa shape index (κ1) is 16.2. The van der Waals surface area contributed by atoms with E-state index in [1.165, 1.54) is 11.1 Å². The van der Waals surface area contributed by atoms with E-state index in [9.17, 15) is 5.11 Å². The smallest absolute Gasteiger partial charge is 0.207 e. The van der Waals surface area contributed by atoms with Gasteiger partial charge in [-0.2, -0.15) is 0 Å². The fraction of sp³-hybridized carbons (Fsp3) is 0.136. The van der Waals surface area contributed by atoms with Crippen molar-refractivity contribution in [3.8, 4) is 11.6 Å². The summed E-state index contributed by atoms with van der Waals surface area (Å²) in [6, 6.07) is 18.0. The number of hydrogen-bond donors (Lipinski definition) is 2. The van der Waals surface area contributed by atoms with Gasteiger partial charge in [0, 0.05) is 11.9 Å². The lowest BCUT2D eigenvalue weighted by Gasteiger charge is -2.15. The summed E-state index contributed by atoms with van der Waals surface area (Å²) in [5.41, 5.74) is 6.17. The van der Waals surface area contributed by atoms with Crippen molar-refractivity contribution in [1.29, 1.82) is 0 Å². The Morgan fingerprint density at radius 2 is 1.69 bits per heavy atom. The van der Waals surface area contributed by atoms with Crippen LogP contribution >= 0.6 is 0 Å². The Morgan fingerprint density at radius 3 is 2.46 bits per heavy atom. The van der Waals surface area contributed by atoms with Crippen molar-refractivity contribution in [2.45, 2.75) is 20.8 Å². The second-order valence-electron chi connectivity index (χ2n) is 6.62. The Balaban J connectivity index is 1.96. The summed E-state index contributed by atoms with van der Waals surface area (Å²) < 4.78 is 1.84. The van der Waals surface area contributed by atoms with E-state index in [1.807, 2.05) is 54.0 Å². The molecule has 0 atom stereocenters. The van der Waals surface area contributed by atoms with Gasteiger partial charge in [0.25, 0.3) is 0 Å². The zero-order valence-corrected chi connectivity index (χ0v) is 15.1. The van der Waals surface area contributed by atoms with Crippen LogP contribution in [0.2, 0.25) is 0 Å². The summed E-state index contributed by atoms with van der Waals surface area (Å²) in [6.45, 7) is 6.22. The molecule has 0 spiro atoms. The van der Waals surface area contributed by atoms with Gasteiger partial charge in [-0.1, -0.05) is 24.3 Å². The van der Waals surface area contributed by atoms with Crippen LogP contribution in [0.5, 0.6) is 5.88 Å². The first-order valence-electron chi connectivity index (χ1n) is 8.65. The van der Waals surface area contributed by atoms with Gasteiger partial charge in [-0.15, -0.1) is 0 Å². The number of fused-ring (bicyclic) bond motifs is 1. The highest BCUT2D eigenvalue weighted by molar-refractivity contribution is 5.97. The normalized spacial score (nSPS) is 11.0. The molecule has 4 heteroatoms. The number of nitrogens with one attached hydrogen (secondary N) is 1. The van der Waals surface area contributed by atoms with E-state index < -0.39 is 0 Å². The zero-order chi connectivity index (χ0) is 18.3. The SMILES string of the molecule is Cc1ccc(Nc2c3ncccc3c(O)n2-c2ccccc2C)cc1C. The van der Waals surface area contributed by atoms with Crippen LogP contribution in [0.1, 0.15) is 16.7 Å². The molecular formula is C22H21N3O. The molecule has 2 N–H and O–H groups in total. The minimum absolute atomic E-state index is 0.189. The molecule has 0 aliphatic heterocycles. The van der Waals surface area contributed by atoms with Crippen molar-refractivity contribution >= 4 is 22.4 Å². The van der Waals surface area contributed by atoms with Gasteiger partial charge < -0.3 is 10.4 Å². The number of hydrogen-bond acceptors (Lipinski definition) is 3. The van der Waals surface area contributed by atoms with Gasteiger partial charge in [0.15, 0.2) is 0 Å². The Labute approximate surface area is 152 Å². The molecule has 0 fully saturated rings. The quantitative estimate of drug-likeness (QED) is 0.523. The molecule has 0 aliphatic carbocycles. The van der Waals surface area contributed by atoms with E-state index in [1.54, 1.807) is 6.20 Å². The lowest BCUT2D eigenvalue weighted by molar-refractivity contribution is 0.449. The fourth-order valence-electron chi connectivity index (χ4n) is 3.23. The summed E-state index contributed by atoms with van der Waals surface area (Å²) in [5, 5.41) is 15.1. The summed E-state index contributed by atoms with van der Waals surface area (Å²) >= 11 is 0. The van der Waals surface area contributed by atoms with Crippen LogP contribution in [-0.4, -0.2) is 14.7 Å². The number of benzene rings is 2. The molecule has 0 saturated heterocycles. The van der Waals surface area contributed by atoms with Crippen LogP contribution in [-0.2, 0) is 0 Å². The van der Waals surface area contributed by atoms with Crippen LogP contribution in [0.4, 0.5) is 11.5 Å². The topological polar surface area (TPSA) is 50.1 Å². The van der Waals surface area contributed by atoms with E-state index in [2.05, 4.69) is 36.3 Å². The number of pyridine rings is 1. The number of para-hydroxylation sites is 1. The van der Waals surface area contributed by atoms with Gasteiger partial charge in [0.05, 0.1) is 11.1 Å². The molecule has 0 aliphatic rings. The molecule has 0 bridgehead atoms. The lowest BCUT2D eigenvalue weighted by atomic mass is 10.1. The fourth-order valence-corrected chi connectivity index (χ4v) is 3.23. The average molecular weight is 343 g/mol. The zero-order valence-electron chi connectivity index (χ0n) is 15.1. The number of anilines is 2. The second-order valence-corrected chi connectivity index (χ2v) is 6.62. The number of aromatic nitrogens is 2. The molecule has 4 rings (SSSR count). The maximum absolute atomic E-state index is 10.9. The maximum atomic E-state index is 10.9. The highest BCUT2D eigenvalue weighted by Crippen LogP contribution is 2.39. The van der Waals surface area contributed by atoms with E-state index in [-0.39, 0.29) is 5.88 Å². The first-order chi connectivity index (χ1) is 12.6. The average Bonchev–Trinajstić information content (AvgIpc) is 2.91. The summed E-state index contributed by atoms with van der Waals surface area (Å²) in [5.74, 6) is 0.949. The van der Waals surface area contributed by atoms with E-state index in [0.29, 0.717) is 0 Å². The Hall–Kier alpha value is -3.27. The van der Waals surface area contributed by atoms with Gasteiger partial charge in [-0.25, -0.2) is 0 Å². The van der Waals surface area contributed by atoms with Crippen molar-refractivity contribution in [2.75, 3.05) is 5.32 Å². The summed E-state index contributed by atoms with van der Waals surface area (Å²) in [4.78, 5) is 4.51. The molecule has 0 amide bonds. The molecule has 2 heterocycles. The second kappa shape index (κ2) is 6.23. The van der Waals surface area contributed by atoms with Crippen molar-refractivity contribution < 1.29 is 5.11 Å². The van der Waals surface area contributed by atoms with Crippen LogP contribution in [0.15, 0.2) is 60.8 Å². The van der Waals surface area contributed by atoms with Crippen LogP contribution in [0, 0.1) is 20.8 Å². The van der Waals surface area contributed by atoms with Gasteiger partial charge >= 0.3 is 0 Å². The standard InChI is InChI=1S/C22H21N3O/c1-14-10-11-17(13-16(14)3)24-21-20-18(8-6-12-23-20)22(26)25(21)19-9-5-4-7-15(19)2/h4-13,24,26H,1-3H3. The van der Waals surface area contributed by atoms with Crippen LogP contribution < -0.4 is 5.32 Å². The van der Waals surface area contributed by atoms with Crippen LogP contribution in [0.3, 0.4) is 0 Å². The highest BCUT2D eigenvalue weighted by Gasteiger charge is 2.20. The van der Waals surface area contributed by atoms with Crippen molar-refractivity contribution in [3.63, 3.8) is 0 Å². The molecule has 4 nitrogen and oxygen atoms in total. The third kappa shape index (κ3) is 2.60.